The van der Waals surface area contributed by atoms with Gasteiger partial charge in [-0.3, -0.25) is 4.90 Å². The van der Waals surface area contributed by atoms with Crippen molar-refractivity contribution in [3.8, 4) is 0 Å². The smallest absolute Gasteiger partial charge is 0.0478 e. The molecule has 100 valence electrons. The van der Waals surface area contributed by atoms with Crippen molar-refractivity contribution < 1.29 is 0 Å². The SMILES string of the molecule is CNCN1CCCC(CN2CCN(C)CC2)C1. The highest BCUT2D eigenvalue weighted by Gasteiger charge is 2.23. The molecule has 17 heavy (non-hydrogen) atoms. The molecule has 2 fully saturated rings. The first-order chi connectivity index (χ1) is 8.28. The van der Waals surface area contributed by atoms with Crippen molar-refractivity contribution in [3.63, 3.8) is 0 Å². The quantitative estimate of drug-likeness (QED) is 0.753. The number of piperazine rings is 1. The Morgan fingerprint density at radius 2 is 1.82 bits per heavy atom. The van der Waals surface area contributed by atoms with E-state index >= 15 is 0 Å². The van der Waals surface area contributed by atoms with Crippen molar-refractivity contribution in [2.45, 2.75) is 12.8 Å². The highest BCUT2D eigenvalue weighted by molar-refractivity contribution is 4.78. The molecule has 1 N–H and O–H groups in total. The maximum absolute atomic E-state index is 3.27. The molecule has 0 bridgehead atoms. The Bertz CT molecular complexity index is 211. The number of nitrogens with zero attached hydrogens (tertiary/aromatic N) is 3. The maximum Gasteiger partial charge on any atom is 0.0478 e. The van der Waals surface area contributed by atoms with E-state index in [9.17, 15) is 0 Å². The third-order valence-electron chi connectivity index (χ3n) is 4.10. The van der Waals surface area contributed by atoms with Crippen LogP contribution in [0.5, 0.6) is 0 Å². The van der Waals surface area contributed by atoms with Crippen molar-refractivity contribution >= 4 is 0 Å². The van der Waals surface area contributed by atoms with Crippen molar-refractivity contribution in [2.24, 2.45) is 5.92 Å². The van der Waals surface area contributed by atoms with Gasteiger partial charge in [-0.1, -0.05) is 0 Å². The van der Waals surface area contributed by atoms with Crippen molar-refractivity contribution in [1.29, 1.82) is 0 Å². The second-order valence-corrected chi connectivity index (χ2v) is 5.70. The molecular formula is C13H28N4. The van der Waals surface area contributed by atoms with E-state index in [1.165, 1.54) is 58.7 Å². The number of piperidine rings is 1. The van der Waals surface area contributed by atoms with E-state index < -0.39 is 0 Å². The van der Waals surface area contributed by atoms with Gasteiger partial charge in [0, 0.05) is 45.9 Å². The summed E-state index contributed by atoms with van der Waals surface area (Å²) < 4.78 is 0. The standard InChI is InChI=1S/C13H28N4/c1-14-12-17-5-3-4-13(11-17)10-16-8-6-15(2)7-9-16/h13-14H,3-12H2,1-2H3. The highest BCUT2D eigenvalue weighted by atomic mass is 15.3. The summed E-state index contributed by atoms with van der Waals surface area (Å²) in [5, 5.41) is 3.27. The Kier molecular flexibility index (Phi) is 5.22. The van der Waals surface area contributed by atoms with Gasteiger partial charge in [0.05, 0.1) is 0 Å². The van der Waals surface area contributed by atoms with Crippen LogP contribution in [0, 0.1) is 5.92 Å². The van der Waals surface area contributed by atoms with Gasteiger partial charge in [0.25, 0.3) is 0 Å². The van der Waals surface area contributed by atoms with Crippen LogP contribution in [0.15, 0.2) is 0 Å². The number of hydrogen-bond acceptors (Lipinski definition) is 4. The largest absolute Gasteiger partial charge is 0.307 e. The number of likely N-dealkylation sites (tertiary alicyclic amines) is 1. The molecule has 0 aromatic carbocycles. The van der Waals surface area contributed by atoms with E-state index in [1.54, 1.807) is 0 Å². The topological polar surface area (TPSA) is 21.8 Å². The zero-order valence-electron chi connectivity index (χ0n) is 11.5. The molecule has 0 saturated carbocycles. The van der Waals surface area contributed by atoms with E-state index in [4.69, 9.17) is 0 Å². The van der Waals surface area contributed by atoms with Gasteiger partial charge in [0.1, 0.15) is 0 Å². The predicted molar refractivity (Wildman–Crippen MR) is 72.2 cm³/mol. The summed E-state index contributed by atoms with van der Waals surface area (Å²) in [4.78, 5) is 7.66. The Hall–Kier alpha value is -0.160. The van der Waals surface area contributed by atoms with Crippen LogP contribution in [0.3, 0.4) is 0 Å². The molecule has 2 rings (SSSR count). The summed E-state index contributed by atoms with van der Waals surface area (Å²) in [6.45, 7) is 9.94. The second kappa shape index (κ2) is 6.69. The van der Waals surface area contributed by atoms with Gasteiger partial charge in [-0.15, -0.1) is 0 Å². The normalized spacial score (nSPS) is 29.6. The van der Waals surface area contributed by atoms with Crippen LogP contribution in [-0.2, 0) is 0 Å². The van der Waals surface area contributed by atoms with Gasteiger partial charge in [0.2, 0.25) is 0 Å². The van der Waals surface area contributed by atoms with E-state index in [0.717, 1.165) is 12.6 Å². The molecule has 0 amide bonds. The van der Waals surface area contributed by atoms with E-state index in [0.29, 0.717) is 0 Å². The minimum absolute atomic E-state index is 0.889. The average molecular weight is 240 g/mol. The van der Waals surface area contributed by atoms with Crippen molar-refractivity contribution in [3.05, 3.63) is 0 Å². The maximum atomic E-state index is 3.27. The lowest BCUT2D eigenvalue weighted by Crippen LogP contribution is -2.49. The van der Waals surface area contributed by atoms with Gasteiger partial charge >= 0.3 is 0 Å². The fourth-order valence-electron chi connectivity index (χ4n) is 3.06. The molecule has 0 radical (unpaired) electrons. The lowest BCUT2D eigenvalue weighted by molar-refractivity contribution is 0.0970. The first-order valence-electron chi connectivity index (χ1n) is 7.06. The van der Waals surface area contributed by atoms with Crippen LogP contribution >= 0.6 is 0 Å². The fraction of sp³-hybridized carbons (Fsp3) is 1.00. The van der Waals surface area contributed by atoms with E-state index in [1.807, 2.05) is 7.05 Å². The number of hydrogen-bond donors (Lipinski definition) is 1. The summed E-state index contributed by atoms with van der Waals surface area (Å²) in [7, 11) is 4.27. The second-order valence-electron chi connectivity index (χ2n) is 5.70. The lowest BCUT2D eigenvalue weighted by Gasteiger charge is -2.38. The average Bonchev–Trinajstić information content (AvgIpc) is 2.33. The molecule has 2 aliphatic rings. The highest BCUT2D eigenvalue weighted by Crippen LogP contribution is 2.17. The van der Waals surface area contributed by atoms with Gasteiger partial charge in [-0.05, 0) is 39.4 Å². The van der Waals surface area contributed by atoms with Crippen LogP contribution in [-0.4, -0.2) is 81.3 Å². The molecule has 4 nitrogen and oxygen atoms in total. The first kappa shape index (κ1) is 13.3. The zero-order chi connectivity index (χ0) is 12.1. The molecule has 2 saturated heterocycles. The molecular weight excluding hydrogens is 212 g/mol. The van der Waals surface area contributed by atoms with Gasteiger partial charge in [-0.2, -0.15) is 0 Å². The van der Waals surface area contributed by atoms with Crippen LogP contribution in [0.25, 0.3) is 0 Å². The molecule has 0 aromatic heterocycles. The predicted octanol–water partition coefficient (Wildman–Crippen LogP) is 0.123. The van der Waals surface area contributed by atoms with Crippen molar-refractivity contribution in [2.75, 3.05) is 66.6 Å². The summed E-state index contributed by atoms with van der Waals surface area (Å²) in [5.41, 5.74) is 0. The van der Waals surface area contributed by atoms with E-state index in [-0.39, 0.29) is 0 Å². The third kappa shape index (κ3) is 4.21. The summed E-state index contributed by atoms with van der Waals surface area (Å²) >= 11 is 0. The number of nitrogens with one attached hydrogen (secondary N) is 1. The summed E-state index contributed by atoms with van der Waals surface area (Å²) in [6, 6.07) is 0. The minimum Gasteiger partial charge on any atom is -0.307 e. The minimum atomic E-state index is 0.889. The number of likely N-dealkylation sites (N-methyl/N-ethyl adjacent to an activating group) is 1. The Morgan fingerprint density at radius 3 is 2.53 bits per heavy atom. The Balaban J connectivity index is 1.71. The summed E-state index contributed by atoms with van der Waals surface area (Å²) in [5.74, 6) is 0.889. The van der Waals surface area contributed by atoms with Crippen LogP contribution < -0.4 is 5.32 Å². The van der Waals surface area contributed by atoms with Crippen molar-refractivity contribution in [1.82, 2.24) is 20.0 Å². The Morgan fingerprint density at radius 1 is 1.06 bits per heavy atom. The fourth-order valence-corrected chi connectivity index (χ4v) is 3.06. The summed E-state index contributed by atoms with van der Waals surface area (Å²) in [6.07, 6.45) is 2.80. The van der Waals surface area contributed by atoms with Crippen LogP contribution in [0.4, 0.5) is 0 Å². The van der Waals surface area contributed by atoms with Gasteiger partial charge in [-0.25, -0.2) is 0 Å². The Labute approximate surface area is 106 Å². The molecule has 0 spiro atoms. The molecule has 2 aliphatic heterocycles. The molecule has 4 heteroatoms. The molecule has 0 aromatic rings. The third-order valence-corrected chi connectivity index (χ3v) is 4.10. The van der Waals surface area contributed by atoms with Crippen LogP contribution in [0.2, 0.25) is 0 Å². The molecule has 1 unspecified atom stereocenters. The number of rotatable bonds is 4. The molecule has 0 aliphatic carbocycles. The molecule has 1 atom stereocenters. The zero-order valence-corrected chi connectivity index (χ0v) is 11.5. The van der Waals surface area contributed by atoms with Gasteiger partial charge < -0.3 is 15.1 Å². The lowest BCUT2D eigenvalue weighted by atomic mass is 9.97. The van der Waals surface area contributed by atoms with Gasteiger partial charge in [0.15, 0.2) is 0 Å². The molecule has 2 heterocycles. The van der Waals surface area contributed by atoms with E-state index in [2.05, 4.69) is 27.1 Å². The van der Waals surface area contributed by atoms with Crippen LogP contribution in [0.1, 0.15) is 12.8 Å². The monoisotopic (exact) mass is 240 g/mol. The first-order valence-corrected chi connectivity index (χ1v) is 7.06.